The fraction of sp³-hybridized carbons (Fsp3) is 0.600. The average Bonchev–Trinajstić information content (AvgIpc) is 2.29. The number of likely N-dealkylation sites (N-methyl/N-ethyl adjacent to an activating group) is 1. The van der Waals surface area contributed by atoms with Crippen molar-refractivity contribution >= 4 is 11.8 Å². The zero-order valence-corrected chi connectivity index (χ0v) is 8.82. The summed E-state index contributed by atoms with van der Waals surface area (Å²) in [6, 6.07) is 0. The molecule has 0 aromatic heterocycles. The van der Waals surface area contributed by atoms with E-state index in [1.165, 1.54) is 11.9 Å². The highest BCUT2D eigenvalue weighted by Gasteiger charge is 2.18. The number of amides is 2. The van der Waals surface area contributed by atoms with E-state index in [4.69, 9.17) is 6.42 Å². The molecule has 1 saturated heterocycles. The normalized spacial score (nSPS) is 15.6. The van der Waals surface area contributed by atoms with Crippen molar-refractivity contribution < 1.29 is 9.59 Å². The van der Waals surface area contributed by atoms with Gasteiger partial charge in [0, 0.05) is 33.2 Å². The van der Waals surface area contributed by atoms with Crippen LogP contribution in [0.2, 0.25) is 0 Å². The Morgan fingerprint density at radius 1 is 1.47 bits per heavy atom. The van der Waals surface area contributed by atoms with Crippen LogP contribution in [0.15, 0.2) is 0 Å². The van der Waals surface area contributed by atoms with Gasteiger partial charge in [-0.25, -0.2) is 0 Å². The van der Waals surface area contributed by atoms with Gasteiger partial charge in [-0.3, -0.25) is 9.59 Å². The largest absolute Gasteiger partial charge is 0.339 e. The molecule has 82 valence electrons. The first-order valence-electron chi connectivity index (χ1n) is 4.85. The highest BCUT2D eigenvalue weighted by molar-refractivity contribution is 5.95. The van der Waals surface area contributed by atoms with E-state index < -0.39 is 5.91 Å². The first-order valence-corrected chi connectivity index (χ1v) is 4.85. The molecule has 0 aromatic carbocycles. The Kier molecular flexibility index (Phi) is 4.13. The van der Waals surface area contributed by atoms with Gasteiger partial charge in [-0.15, -0.1) is 6.42 Å². The number of terminal acetylenes is 1. The van der Waals surface area contributed by atoms with Crippen LogP contribution in [0, 0.1) is 12.3 Å². The molecule has 0 saturated carbocycles. The molecule has 1 aliphatic heterocycles. The molecule has 0 bridgehead atoms. The van der Waals surface area contributed by atoms with E-state index in [1.54, 1.807) is 4.90 Å². The highest BCUT2D eigenvalue weighted by atomic mass is 16.2. The molecule has 0 spiro atoms. The maximum atomic E-state index is 11.7. The third-order valence-corrected chi connectivity index (χ3v) is 2.31. The Morgan fingerprint density at radius 2 is 2.07 bits per heavy atom. The topological polar surface area (TPSA) is 52.7 Å². The summed E-state index contributed by atoms with van der Waals surface area (Å²) in [6.45, 7) is 3.05. The van der Waals surface area contributed by atoms with Crippen molar-refractivity contribution in [3.05, 3.63) is 0 Å². The molecule has 0 aliphatic carbocycles. The van der Waals surface area contributed by atoms with Gasteiger partial charge in [0.25, 0.3) is 5.91 Å². The summed E-state index contributed by atoms with van der Waals surface area (Å²) < 4.78 is 0. The summed E-state index contributed by atoms with van der Waals surface area (Å²) in [5.41, 5.74) is 0. The molecule has 0 atom stereocenters. The molecule has 1 rings (SSSR count). The molecule has 0 unspecified atom stereocenters. The summed E-state index contributed by atoms with van der Waals surface area (Å²) in [4.78, 5) is 25.7. The minimum Gasteiger partial charge on any atom is -0.339 e. The average molecular weight is 209 g/mol. The monoisotopic (exact) mass is 209 g/mol. The van der Waals surface area contributed by atoms with Crippen LogP contribution in [0.1, 0.15) is 0 Å². The summed E-state index contributed by atoms with van der Waals surface area (Å²) >= 11 is 0. The summed E-state index contributed by atoms with van der Waals surface area (Å²) in [7, 11) is 1.53. The smallest absolute Gasteiger partial charge is 0.298 e. The SMILES string of the molecule is C#CC(=O)N(C)CC(=O)N1CCNCC1. The van der Waals surface area contributed by atoms with Crippen LogP contribution in [0.5, 0.6) is 0 Å². The van der Waals surface area contributed by atoms with Crippen LogP contribution in [-0.2, 0) is 9.59 Å². The van der Waals surface area contributed by atoms with Crippen LogP contribution in [-0.4, -0.2) is 61.4 Å². The van der Waals surface area contributed by atoms with E-state index in [0.717, 1.165) is 13.1 Å². The molecule has 1 fully saturated rings. The molecule has 5 nitrogen and oxygen atoms in total. The van der Waals surface area contributed by atoms with Crippen LogP contribution >= 0.6 is 0 Å². The van der Waals surface area contributed by atoms with Crippen LogP contribution in [0.3, 0.4) is 0 Å². The maximum Gasteiger partial charge on any atom is 0.298 e. The zero-order valence-electron chi connectivity index (χ0n) is 8.82. The Labute approximate surface area is 89.4 Å². The van der Waals surface area contributed by atoms with Gasteiger partial charge >= 0.3 is 0 Å². The fourth-order valence-corrected chi connectivity index (χ4v) is 1.40. The molecule has 2 amide bonds. The first-order chi connectivity index (χ1) is 7.15. The molecular formula is C10H15N3O2. The number of nitrogens with one attached hydrogen (secondary N) is 1. The lowest BCUT2D eigenvalue weighted by molar-refractivity contribution is -0.137. The van der Waals surface area contributed by atoms with E-state index in [0.29, 0.717) is 13.1 Å². The summed E-state index contributed by atoms with van der Waals surface area (Å²) in [5.74, 6) is 1.46. The molecule has 1 heterocycles. The Bertz CT molecular complexity index is 290. The molecular weight excluding hydrogens is 194 g/mol. The molecule has 15 heavy (non-hydrogen) atoms. The van der Waals surface area contributed by atoms with Crippen LogP contribution < -0.4 is 5.32 Å². The molecule has 0 aromatic rings. The molecule has 5 heteroatoms. The second-order valence-corrected chi connectivity index (χ2v) is 3.44. The second-order valence-electron chi connectivity index (χ2n) is 3.44. The van der Waals surface area contributed by atoms with Crippen molar-refractivity contribution in [1.29, 1.82) is 0 Å². The highest BCUT2D eigenvalue weighted by Crippen LogP contribution is 1.95. The number of piperazine rings is 1. The number of carbonyl (C=O) groups is 2. The van der Waals surface area contributed by atoms with Crippen LogP contribution in [0.4, 0.5) is 0 Å². The standard InChI is InChI=1S/C10H15N3O2/c1-3-9(14)12(2)8-10(15)13-6-4-11-5-7-13/h1,11H,4-8H2,2H3. The third-order valence-electron chi connectivity index (χ3n) is 2.31. The van der Waals surface area contributed by atoms with Crippen molar-refractivity contribution in [3.63, 3.8) is 0 Å². The zero-order chi connectivity index (χ0) is 11.3. The number of rotatable bonds is 2. The van der Waals surface area contributed by atoms with Gasteiger partial charge in [0.2, 0.25) is 5.91 Å². The predicted octanol–water partition coefficient (Wildman–Crippen LogP) is -1.49. The number of hydrogen-bond donors (Lipinski definition) is 1. The fourth-order valence-electron chi connectivity index (χ4n) is 1.40. The number of hydrogen-bond acceptors (Lipinski definition) is 3. The van der Waals surface area contributed by atoms with Crippen molar-refractivity contribution in [2.45, 2.75) is 0 Å². The first kappa shape index (κ1) is 11.5. The van der Waals surface area contributed by atoms with E-state index >= 15 is 0 Å². The van der Waals surface area contributed by atoms with Crippen molar-refractivity contribution in [2.24, 2.45) is 0 Å². The quantitative estimate of drug-likeness (QED) is 0.564. The minimum atomic E-state index is -0.460. The van der Waals surface area contributed by atoms with E-state index in [2.05, 4.69) is 5.32 Å². The Hall–Kier alpha value is -1.54. The second kappa shape index (κ2) is 5.37. The number of carbonyl (C=O) groups excluding carboxylic acids is 2. The van der Waals surface area contributed by atoms with Gasteiger partial charge in [0.05, 0.1) is 0 Å². The predicted molar refractivity (Wildman–Crippen MR) is 55.9 cm³/mol. The van der Waals surface area contributed by atoms with E-state index in [1.807, 2.05) is 5.92 Å². The third kappa shape index (κ3) is 3.26. The van der Waals surface area contributed by atoms with Gasteiger partial charge in [-0.05, 0) is 5.92 Å². The van der Waals surface area contributed by atoms with E-state index in [-0.39, 0.29) is 12.5 Å². The minimum absolute atomic E-state index is 0.0531. The summed E-state index contributed by atoms with van der Waals surface area (Å²) in [5, 5.41) is 3.15. The number of nitrogens with zero attached hydrogens (tertiary/aromatic N) is 2. The van der Waals surface area contributed by atoms with Crippen molar-refractivity contribution in [2.75, 3.05) is 39.8 Å². The van der Waals surface area contributed by atoms with Gasteiger partial charge in [-0.2, -0.15) is 0 Å². The molecule has 1 N–H and O–H groups in total. The van der Waals surface area contributed by atoms with Crippen molar-refractivity contribution in [3.8, 4) is 12.3 Å². The van der Waals surface area contributed by atoms with E-state index in [9.17, 15) is 9.59 Å². The van der Waals surface area contributed by atoms with Gasteiger partial charge < -0.3 is 15.1 Å². The molecule has 1 aliphatic rings. The lowest BCUT2D eigenvalue weighted by Crippen LogP contribution is -2.49. The Balaban J connectivity index is 2.41. The lowest BCUT2D eigenvalue weighted by atomic mass is 10.3. The van der Waals surface area contributed by atoms with Gasteiger partial charge in [-0.1, -0.05) is 0 Å². The summed E-state index contributed by atoms with van der Waals surface area (Å²) in [6.07, 6.45) is 4.95. The lowest BCUT2D eigenvalue weighted by Gasteiger charge is -2.28. The van der Waals surface area contributed by atoms with Crippen molar-refractivity contribution in [1.82, 2.24) is 15.1 Å². The van der Waals surface area contributed by atoms with Gasteiger partial charge in [0.15, 0.2) is 0 Å². The maximum absolute atomic E-state index is 11.7. The van der Waals surface area contributed by atoms with Crippen LogP contribution in [0.25, 0.3) is 0 Å². The molecule has 0 radical (unpaired) electrons. The van der Waals surface area contributed by atoms with Gasteiger partial charge in [0.1, 0.15) is 6.54 Å². The Morgan fingerprint density at radius 3 is 2.60 bits per heavy atom.